The minimum absolute atomic E-state index is 0.159. The van der Waals surface area contributed by atoms with Crippen molar-refractivity contribution in [2.24, 2.45) is 0 Å². The number of nitro benzene ring substituents is 1. The van der Waals surface area contributed by atoms with Crippen LogP contribution in [0.15, 0.2) is 18.2 Å². The van der Waals surface area contributed by atoms with Gasteiger partial charge in [-0.15, -0.1) is 0 Å². The molecule has 0 aromatic heterocycles. The van der Waals surface area contributed by atoms with Gasteiger partial charge in [-0.3, -0.25) is 15.0 Å². The number of hydrogen-bond acceptors (Lipinski definition) is 4. The molecule has 1 N–H and O–H groups in total. The third kappa shape index (κ3) is 5.39. The van der Waals surface area contributed by atoms with Gasteiger partial charge in [-0.25, -0.2) is 0 Å². The van der Waals surface area contributed by atoms with Crippen LogP contribution < -0.4 is 5.32 Å². The first kappa shape index (κ1) is 18.6. The number of nitrogens with one attached hydrogen (secondary N) is 1. The minimum atomic E-state index is -0.281. The Balaban J connectivity index is 2.60. The molecule has 0 aliphatic carbocycles. The molecule has 0 bridgehead atoms. The summed E-state index contributed by atoms with van der Waals surface area (Å²) in [4.78, 5) is 13.3. The molecule has 0 atom stereocenters. The normalized spacial score (nSPS) is 11.6. The fourth-order valence-electron chi connectivity index (χ4n) is 2.58. The molecule has 0 saturated carbocycles. The third-order valence-corrected chi connectivity index (χ3v) is 3.95. The molecule has 1 aromatic rings. The van der Waals surface area contributed by atoms with E-state index in [0.29, 0.717) is 12.6 Å². The predicted molar refractivity (Wildman–Crippen MR) is 91.3 cm³/mol. The molecule has 0 unspecified atom stereocenters. The molecule has 0 saturated heterocycles. The number of nitro groups is 1. The van der Waals surface area contributed by atoms with Crippen LogP contribution in [0.1, 0.15) is 51.7 Å². The largest absolute Gasteiger partial charge is 0.311 e. The topological polar surface area (TPSA) is 58.4 Å². The zero-order valence-electron chi connectivity index (χ0n) is 14.4. The van der Waals surface area contributed by atoms with Crippen LogP contribution in [0, 0.1) is 10.1 Å². The van der Waals surface area contributed by atoms with Gasteiger partial charge in [-0.05, 0) is 31.9 Å². The van der Waals surface area contributed by atoms with E-state index < -0.39 is 0 Å². The van der Waals surface area contributed by atoms with E-state index >= 15 is 0 Å². The number of likely N-dealkylation sites (N-methyl/N-ethyl adjacent to an activating group) is 1. The second-order valence-electron chi connectivity index (χ2n) is 6.20. The van der Waals surface area contributed by atoms with Gasteiger partial charge in [-0.2, -0.15) is 0 Å². The van der Waals surface area contributed by atoms with Gasteiger partial charge in [-0.1, -0.05) is 32.9 Å². The van der Waals surface area contributed by atoms with Crippen LogP contribution in [0.2, 0.25) is 0 Å². The summed E-state index contributed by atoms with van der Waals surface area (Å²) in [5.74, 6) is 0.159. The molecular weight excluding hydrogens is 278 g/mol. The van der Waals surface area contributed by atoms with Crippen LogP contribution in [0.5, 0.6) is 0 Å². The molecule has 0 radical (unpaired) electrons. The summed E-state index contributed by atoms with van der Waals surface area (Å²) < 4.78 is 0. The van der Waals surface area contributed by atoms with Crippen LogP contribution >= 0.6 is 0 Å². The van der Waals surface area contributed by atoms with Crippen LogP contribution in [-0.2, 0) is 6.54 Å². The maximum absolute atomic E-state index is 11.2. The fraction of sp³-hybridized carbons (Fsp3) is 0.647. The van der Waals surface area contributed by atoms with Crippen LogP contribution in [0.25, 0.3) is 0 Å². The molecule has 0 aliphatic rings. The molecule has 0 fully saturated rings. The first-order chi connectivity index (χ1) is 10.4. The quantitative estimate of drug-likeness (QED) is 0.431. The highest BCUT2D eigenvalue weighted by atomic mass is 16.6. The Morgan fingerprint density at radius 2 is 1.95 bits per heavy atom. The van der Waals surface area contributed by atoms with Gasteiger partial charge in [0.1, 0.15) is 0 Å². The van der Waals surface area contributed by atoms with Crippen molar-refractivity contribution >= 4 is 5.69 Å². The maximum Gasteiger partial charge on any atom is 0.273 e. The predicted octanol–water partition coefficient (Wildman–Crippen LogP) is 3.54. The van der Waals surface area contributed by atoms with Gasteiger partial charge in [0.15, 0.2) is 0 Å². The summed E-state index contributed by atoms with van der Waals surface area (Å²) in [6, 6.07) is 6.10. The molecule has 5 nitrogen and oxygen atoms in total. The summed E-state index contributed by atoms with van der Waals surface area (Å²) in [5, 5.41) is 14.6. The van der Waals surface area contributed by atoms with Crippen molar-refractivity contribution in [3.8, 4) is 0 Å². The first-order valence-electron chi connectivity index (χ1n) is 8.08. The summed E-state index contributed by atoms with van der Waals surface area (Å²) in [7, 11) is 0. The number of nitrogens with zero attached hydrogens (tertiary/aromatic N) is 2. The molecule has 5 heteroatoms. The Kier molecular flexibility index (Phi) is 7.48. The molecule has 0 heterocycles. The van der Waals surface area contributed by atoms with Crippen molar-refractivity contribution in [1.29, 1.82) is 0 Å². The van der Waals surface area contributed by atoms with E-state index in [1.807, 2.05) is 26.0 Å². The minimum Gasteiger partial charge on any atom is -0.311 e. The average molecular weight is 307 g/mol. The lowest BCUT2D eigenvalue weighted by atomic mass is 9.99. The van der Waals surface area contributed by atoms with Crippen LogP contribution in [0.3, 0.4) is 0 Å². The highest BCUT2D eigenvalue weighted by molar-refractivity contribution is 5.45. The van der Waals surface area contributed by atoms with E-state index in [0.717, 1.165) is 30.8 Å². The van der Waals surface area contributed by atoms with Gasteiger partial charge < -0.3 is 5.32 Å². The Labute approximate surface area is 133 Å². The van der Waals surface area contributed by atoms with Gasteiger partial charge in [0.2, 0.25) is 0 Å². The van der Waals surface area contributed by atoms with Crippen molar-refractivity contribution in [2.75, 3.05) is 19.6 Å². The molecule has 124 valence electrons. The Bertz CT molecular complexity index is 487. The van der Waals surface area contributed by atoms with Gasteiger partial charge in [0, 0.05) is 37.3 Å². The molecule has 22 heavy (non-hydrogen) atoms. The average Bonchev–Trinajstić information content (AvgIpc) is 2.46. The first-order valence-corrected chi connectivity index (χ1v) is 8.08. The summed E-state index contributed by atoms with van der Waals surface area (Å²) in [6.07, 6.45) is 0. The SMILES string of the molecule is CCN(CCNCc1ccc(C(C)C)c([N+](=O)[O-])c1)C(C)C. The van der Waals surface area contributed by atoms with E-state index in [2.05, 4.69) is 31.0 Å². The molecule has 0 aliphatic heterocycles. The maximum atomic E-state index is 11.2. The lowest BCUT2D eigenvalue weighted by Gasteiger charge is -2.24. The Morgan fingerprint density at radius 1 is 1.27 bits per heavy atom. The van der Waals surface area contributed by atoms with E-state index in [4.69, 9.17) is 0 Å². The van der Waals surface area contributed by atoms with Gasteiger partial charge >= 0.3 is 0 Å². The molecule has 0 spiro atoms. The van der Waals surface area contributed by atoms with Crippen molar-refractivity contribution < 1.29 is 4.92 Å². The van der Waals surface area contributed by atoms with Crippen LogP contribution in [-0.4, -0.2) is 35.5 Å². The van der Waals surface area contributed by atoms with Gasteiger partial charge in [0.05, 0.1) is 4.92 Å². The van der Waals surface area contributed by atoms with Crippen molar-refractivity contribution in [3.63, 3.8) is 0 Å². The number of rotatable bonds is 9. The summed E-state index contributed by atoms with van der Waals surface area (Å²) >= 11 is 0. The lowest BCUT2D eigenvalue weighted by Crippen LogP contribution is -2.36. The zero-order chi connectivity index (χ0) is 16.7. The summed E-state index contributed by atoms with van der Waals surface area (Å²) in [5.41, 5.74) is 1.99. The standard InChI is InChI=1S/C17H29N3O2/c1-6-19(14(4)5)10-9-18-12-15-7-8-16(13(2)3)17(11-15)20(21)22/h7-8,11,13-14,18H,6,9-10,12H2,1-5H3. The van der Waals surface area contributed by atoms with Crippen molar-refractivity contribution in [3.05, 3.63) is 39.4 Å². The number of hydrogen-bond donors (Lipinski definition) is 1. The molecule has 1 rings (SSSR count). The van der Waals surface area contributed by atoms with E-state index in [1.165, 1.54) is 0 Å². The van der Waals surface area contributed by atoms with Crippen molar-refractivity contribution in [1.82, 2.24) is 10.2 Å². The highest BCUT2D eigenvalue weighted by Crippen LogP contribution is 2.27. The van der Waals surface area contributed by atoms with E-state index in [1.54, 1.807) is 6.07 Å². The Morgan fingerprint density at radius 3 is 2.45 bits per heavy atom. The molecule has 1 aromatic carbocycles. The number of benzene rings is 1. The fourth-order valence-corrected chi connectivity index (χ4v) is 2.58. The summed E-state index contributed by atoms with van der Waals surface area (Å²) in [6.45, 7) is 14.1. The lowest BCUT2D eigenvalue weighted by molar-refractivity contribution is -0.385. The second kappa shape index (κ2) is 8.86. The van der Waals surface area contributed by atoms with Gasteiger partial charge in [0.25, 0.3) is 5.69 Å². The monoisotopic (exact) mass is 307 g/mol. The molecular formula is C17H29N3O2. The smallest absolute Gasteiger partial charge is 0.273 e. The second-order valence-corrected chi connectivity index (χ2v) is 6.20. The van der Waals surface area contributed by atoms with Crippen LogP contribution in [0.4, 0.5) is 5.69 Å². The zero-order valence-corrected chi connectivity index (χ0v) is 14.4. The van der Waals surface area contributed by atoms with Crippen molar-refractivity contribution in [2.45, 2.75) is 53.1 Å². The Hall–Kier alpha value is -1.46. The highest BCUT2D eigenvalue weighted by Gasteiger charge is 2.16. The third-order valence-electron chi connectivity index (χ3n) is 3.95. The van der Waals surface area contributed by atoms with E-state index in [-0.39, 0.29) is 16.5 Å². The van der Waals surface area contributed by atoms with E-state index in [9.17, 15) is 10.1 Å². The molecule has 0 amide bonds.